The maximum absolute atomic E-state index is 9.94. The second-order valence-electron chi connectivity index (χ2n) is 9.69. The van der Waals surface area contributed by atoms with Crippen LogP contribution in [0, 0.1) is 0 Å². The Kier molecular flexibility index (Phi) is 44.7. The van der Waals surface area contributed by atoms with Gasteiger partial charge in [-0.05, 0) is 6.42 Å². The summed E-state index contributed by atoms with van der Waals surface area (Å²) in [5.41, 5.74) is 0. The number of hydrogen-bond acceptors (Lipinski definition) is 15. The lowest BCUT2D eigenvalue weighted by Crippen LogP contribution is -2.49. The fourth-order valence-corrected chi connectivity index (χ4v) is 3.84. The van der Waals surface area contributed by atoms with E-state index in [9.17, 15) is 25.5 Å². The Labute approximate surface area is 253 Å². The molecule has 0 radical (unpaired) electrons. The third kappa shape index (κ3) is 47.6. The fraction of sp³-hybridized carbons (Fsp3) is 1.00. The van der Waals surface area contributed by atoms with Gasteiger partial charge in [0.2, 0.25) is 0 Å². The Bertz CT molecular complexity index is 478. The van der Waals surface area contributed by atoms with E-state index in [0.717, 1.165) is 19.3 Å². The molecule has 0 saturated carbocycles. The van der Waals surface area contributed by atoms with Crippen LogP contribution in [0.2, 0.25) is 0 Å². The SMILES string of the molecule is CCCCCCCCCCCCCCCCCCC(O)[C@H](O)[C@@H](O)[C@H](O)[C@H](O)CO.OP(O)O.OP(O)O.OP(O)O. The molecule has 0 heterocycles. The molecule has 0 aromatic rings. The van der Waals surface area contributed by atoms with Crippen LogP contribution in [0.3, 0.4) is 0 Å². The maximum Gasteiger partial charge on any atom is 0.324 e. The minimum atomic E-state index is -2.62. The third-order valence-corrected chi connectivity index (χ3v) is 6.03. The monoisotopic (exact) mass is 680 g/mol. The van der Waals surface area contributed by atoms with E-state index in [0.29, 0.717) is 6.42 Å². The van der Waals surface area contributed by atoms with Crippen LogP contribution in [0.25, 0.3) is 0 Å². The molecule has 0 fully saturated rings. The predicted molar refractivity (Wildman–Crippen MR) is 162 cm³/mol. The highest BCUT2D eigenvalue weighted by Gasteiger charge is 2.33. The Hall–Kier alpha value is 0.690. The molecule has 0 aromatic heterocycles. The summed E-state index contributed by atoms with van der Waals surface area (Å²) in [5.74, 6) is 0. The first-order chi connectivity index (χ1) is 19.6. The fourth-order valence-electron chi connectivity index (χ4n) is 3.84. The first kappa shape index (κ1) is 49.6. The molecular formula is C24H59O15P3. The van der Waals surface area contributed by atoms with Crippen LogP contribution >= 0.6 is 25.8 Å². The standard InChI is InChI=1S/C24H50O6.3H3O3P/c1-2-3-4-5-6-7-8-9-10-11-12-13-14-15-16-17-18-20(26)22(28)24(30)23(29)21(27)19-25;3*1-4(2)3/h20-30H,2-19H2,1H3;3*1-3H/t20?,21-,22+,23-,24-;;;/m1.../s1. The van der Waals surface area contributed by atoms with Crippen molar-refractivity contribution in [1.82, 2.24) is 0 Å². The summed E-state index contributed by atoms with van der Waals surface area (Å²) in [6, 6.07) is 0. The molecule has 15 N–H and O–H groups in total. The van der Waals surface area contributed by atoms with Crippen molar-refractivity contribution in [1.29, 1.82) is 0 Å². The Morgan fingerprint density at radius 3 is 0.881 bits per heavy atom. The van der Waals surface area contributed by atoms with Crippen molar-refractivity contribution in [3.05, 3.63) is 0 Å². The Morgan fingerprint density at radius 2 is 0.619 bits per heavy atom. The maximum atomic E-state index is 9.94. The van der Waals surface area contributed by atoms with E-state index in [1.54, 1.807) is 0 Å². The highest BCUT2D eigenvalue weighted by atomic mass is 31.2. The van der Waals surface area contributed by atoms with Gasteiger partial charge < -0.3 is 74.7 Å². The first-order valence-electron chi connectivity index (χ1n) is 14.3. The van der Waals surface area contributed by atoms with Crippen molar-refractivity contribution in [3.8, 4) is 0 Å². The lowest BCUT2D eigenvalue weighted by molar-refractivity contribution is -0.141. The van der Waals surface area contributed by atoms with Crippen molar-refractivity contribution < 1.29 is 74.7 Å². The van der Waals surface area contributed by atoms with Crippen LogP contribution in [-0.2, 0) is 0 Å². The second-order valence-corrected chi connectivity index (χ2v) is 11.3. The van der Waals surface area contributed by atoms with Crippen molar-refractivity contribution in [3.63, 3.8) is 0 Å². The summed E-state index contributed by atoms with van der Waals surface area (Å²) in [5, 5.41) is 57.2. The topological polar surface area (TPSA) is 303 Å². The number of unbranched alkanes of at least 4 members (excludes halogenated alkanes) is 15. The quantitative estimate of drug-likeness (QED) is 0.0560. The van der Waals surface area contributed by atoms with Gasteiger partial charge in [-0.25, -0.2) is 0 Å². The molecule has 5 atom stereocenters. The van der Waals surface area contributed by atoms with Gasteiger partial charge in [0.05, 0.1) is 12.7 Å². The second kappa shape index (κ2) is 37.9. The van der Waals surface area contributed by atoms with Gasteiger partial charge >= 0.3 is 25.8 Å². The van der Waals surface area contributed by atoms with E-state index >= 15 is 0 Å². The molecule has 1 unspecified atom stereocenters. The van der Waals surface area contributed by atoms with E-state index in [4.69, 9.17) is 49.1 Å². The Balaban J connectivity index is -0.000000504. The van der Waals surface area contributed by atoms with Crippen molar-refractivity contribution in [2.75, 3.05) is 6.61 Å². The summed E-state index contributed by atoms with van der Waals surface area (Å²) in [6.45, 7) is 1.53. The molecule has 260 valence electrons. The lowest BCUT2D eigenvalue weighted by Gasteiger charge is -2.28. The van der Waals surface area contributed by atoms with Crippen LogP contribution in [0.4, 0.5) is 0 Å². The molecule has 0 aliphatic rings. The molecule has 0 bridgehead atoms. The van der Waals surface area contributed by atoms with Crippen LogP contribution < -0.4 is 0 Å². The molecule has 0 saturated heterocycles. The van der Waals surface area contributed by atoms with Gasteiger partial charge in [0.25, 0.3) is 0 Å². The highest BCUT2D eigenvalue weighted by molar-refractivity contribution is 7.38. The van der Waals surface area contributed by atoms with E-state index in [2.05, 4.69) is 6.92 Å². The van der Waals surface area contributed by atoms with Crippen molar-refractivity contribution in [2.24, 2.45) is 0 Å². The van der Waals surface area contributed by atoms with E-state index in [-0.39, 0.29) is 0 Å². The molecule has 0 rings (SSSR count). The zero-order valence-corrected chi connectivity index (χ0v) is 27.3. The van der Waals surface area contributed by atoms with Gasteiger partial charge in [-0.15, -0.1) is 0 Å². The molecule has 18 heteroatoms. The van der Waals surface area contributed by atoms with Gasteiger partial charge in [0.1, 0.15) is 24.4 Å². The minimum absolute atomic E-state index is 0.332. The van der Waals surface area contributed by atoms with E-state index < -0.39 is 62.9 Å². The minimum Gasteiger partial charge on any atom is -0.394 e. The predicted octanol–water partition coefficient (Wildman–Crippen LogP) is 1.01. The van der Waals surface area contributed by atoms with Gasteiger partial charge in [0, 0.05) is 0 Å². The zero-order chi connectivity index (χ0) is 33.3. The number of aliphatic hydroxyl groups is 6. The summed E-state index contributed by atoms with van der Waals surface area (Å²) in [4.78, 5) is 65.1. The van der Waals surface area contributed by atoms with Gasteiger partial charge in [-0.2, -0.15) is 0 Å². The summed E-state index contributed by atoms with van der Waals surface area (Å²) in [6.07, 6.45) is 12.9. The summed E-state index contributed by atoms with van der Waals surface area (Å²) >= 11 is 0. The van der Waals surface area contributed by atoms with Crippen LogP contribution in [0.15, 0.2) is 0 Å². The third-order valence-electron chi connectivity index (χ3n) is 6.03. The molecule has 42 heavy (non-hydrogen) atoms. The zero-order valence-electron chi connectivity index (χ0n) is 24.7. The molecule has 0 spiro atoms. The largest absolute Gasteiger partial charge is 0.394 e. The molecular weight excluding hydrogens is 621 g/mol. The molecule has 15 nitrogen and oxygen atoms in total. The Morgan fingerprint density at radius 1 is 0.381 bits per heavy atom. The number of aliphatic hydroxyl groups excluding tert-OH is 6. The number of hydrogen-bond donors (Lipinski definition) is 15. The summed E-state index contributed by atoms with van der Waals surface area (Å²) in [7, 11) is -7.86. The highest BCUT2D eigenvalue weighted by Crippen LogP contribution is 2.17. The van der Waals surface area contributed by atoms with Gasteiger partial charge in [-0.3, -0.25) is 0 Å². The van der Waals surface area contributed by atoms with Crippen LogP contribution in [-0.4, -0.2) is 112 Å². The van der Waals surface area contributed by atoms with Crippen LogP contribution in [0.5, 0.6) is 0 Å². The molecule has 0 aliphatic heterocycles. The van der Waals surface area contributed by atoms with Crippen molar-refractivity contribution in [2.45, 2.75) is 147 Å². The molecule has 0 amide bonds. The average molecular weight is 681 g/mol. The summed E-state index contributed by atoms with van der Waals surface area (Å²) < 4.78 is 0. The molecule has 0 aromatic carbocycles. The van der Waals surface area contributed by atoms with Gasteiger partial charge in [0.15, 0.2) is 0 Å². The smallest absolute Gasteiger partial charge is 0.324 e. The average Bonchev–Trinajstić information content (AvgIpc) is 2.90. The van der Waals surface area contributed by atoms with Crippen LogP contribution in [0.1, 0.15) is 116 Å². The van der Waals surface area contributed by atoms with Gasteiger partial charge in [-0.1, -0.05) is 110 Å². The van der Waals surface area contributed by atoms with E-state index in [1.807, 2.05) is 0 Å². The van der Waals surface area contributed by atoms with E-state index in [1.165, 1.54) is 83.5 Å². The molecule has 0 aliphatic carbocycles. The number of rotatable bonds is 22. The first-order valence-corrected chi connectivity index (χ1v) is 17.9. The van der Waals surface area contributed by atoms with Crippen molar-refractivity contribution >= 4 is 25.8 Å². The lowest BCUT2D eigenvalue weighted by atomic mass is 9.96. The normalized spacial score (nSPS) is 14.6.